The molecule has 0 aliphatic carbocycles. The van der Waals surface area contributed by atoms with Crippen molar-refractivity contribution in [3.63, 3.8) is 0 Å². The molecule has 0 radical (unpaired) electrons. The van der Waals surface area contributed by atoms with Gasteiger partial charge in [0.1, 0.15) is 11.4 Å². The van der Waals surface area contributed by atoms with E-state index in [-0.39, 0.29) is 0 Å². The minimum absolute atomic E-state index is 0.455. The van der Waals surface area contributed by atoms with Crippen molar-refractivity contribution >= 4 is 17.7 Å². The molecule has 15 heavy (non-hydrogen) atoms. The van der Waals surface area contributed by atoms with Crippen molar-refractivity contribution in [3.8, 4) is 6.07 Å². The highest BCUT2D eigenvalue weighted by molar-refractivity contribution is 5.91. The SMILES string of the molecule is CC(C)(C#N)Nc1nccc(N)c1C=N. The van der Waals surface area contributed by atoms with E-state index in [0.717, 1.165) is 6.21 Å². The summed E-state index contributed by atoms with van der Waals surface area (Å²) in [7, 11) is 0. The number of nitriles is 1. The molecule has 5 nitrogen and oxygen atoms in total. The molecule has 0 fully saturated rings. The van der Waals surface area contributed by atoms with Gasteiger partial charge in [-0.15, -0.1) is 0 Å². The highest BCUT2D eigenvalue weighted by atomic mass is 15.0. The van der Waals surface area contributed by atoms with Crippen molar-refractivity contribution in [2.75, 3.05) is 11.1 Å². The first kappa shape index (κ1) is 11.0. The van der Waals surface area contributed by atoms with Gasteiger partial charge >= 0.3 is 0 Å². The van der Waals surface area contributed by atoms with Gasteiger partial charge in [0.2, 0.25) is 0 Å². The van der Waals surface area contributed by atoms with E-state index in [4.69, 9.17) is 16.4 Å². The molecule has 1 aromatic heterocycles. The van der Waals surface area contributed by atoms with Crippen LogP contribution in [0.5, 0.6) is 0 Å². The normalized spacial score (nSPS) is 10.5. The van der Waals surface area contributed by atoms with E-state index < -0.39 is 5.54 Å². The minimum Gasteiger partial charge on any atom is -0.398 e. The molecule has 4 N–H and O–H groups in total. The average molecular weight is 203 g/mol. The molecule has 0 aliphatic heterocycles. The third-order valence-electron chi connectivity index (χ3n) is 1.88. The van der Waals surface area contributed by atoms with Crippen LogP contribution in [0.3, 0.4) is 0 Å². The number of pyridine rings is 1. The summed E-state index contributed by atoms with van der Waals surface area (Å²) in [6.07, 6.45) is 2.66. The van der Waals surface area contributed by atoms with E-state index in [2.05, 4.69) is 16.4 Å². The van der Waals surface area contributed by atoms with Crippen LogP contribution in [-0.4, -0.2) is 16.7 Å². The summed E-state index contributed by atoms with van der Waals surface area (Å²) in [5.74, 6) is 0.455. The fourth-order valence-electron chi connectivity index (χ4n) is 1.06. The Morgan fingerprint density at radius 1 is 1.67 bits per heavy atom. The van der Waals surface area contributed by atoms with E-state index in [1.807, 2.05) is 0 Å². The van der Waals surface area contributed by atoms with Gasteiger partial charge in [0.25, 0.3) is 0 Å². The second-order valence-corrected chi connectivity index (χ2v) is 3.67. The molecule has 0 bridgehead atoms. The lowest BCUT2D eigenvalue weighted by atomic mass is 10.1. The molecule has 0 aliphatic rings. The number of hydrogen-bond donors (Lipinski definition) is 3. The lowest BCUT2D eigenvalue weighted by molar-refractivity contribution is 0.723. The Bertz CT molecular complexity index is 416. The van der Waals surface area contributed by atoms with Crippen molar-refractivity contribution in [2.24, 2.45) is 0 Å². The van der Waals surface area contributed by atoms with Gasteiger partial charge in [0.05, 0.1) is 11.6 Å². The molecule has 0 atom stereocenters. The van der Waals surface area contributed by atoms with Crippen LogP contribution in [0.1, 0.15) is 19.4 Å². The van der Waals surface area contributed by atoms with E-state index in [1.54, 1.807) is 19.9 Å². The predicted octanol–water partition coefficient (Wildman–Crippen LogP) is 1.38. The highest BCUT2D eigenvalue weighted by Crippen LogP contribution is 2.20. The Morgan fingerprint density at radius 2 is 2.33 bits per heavy atom. The van der Waals surface area contributed by atoms with Crippen molar-refractivity contribution in [3.05, 3.63) is 17.8 Å². The monoisotopic (exact) mass is 203 g/mol. The number of anilines is 2. The first-order valence-electron chi connectivity index (χ1n) is 4.44. The van der Waals surface area contributed by atoms with E-state index >= 15 is 0 Å². The summed E-state index contributed by atoms with van der Waals surface area (Å²) in [5.41, 5.74) is 5.91. The van der Waals surface area contributed by atoms with Crippen LogP contribution in [0.25, 0.3) is 0 Å². The maximum atomic E-state index is 8.86. The van der Waals surface area contributed by atoms with Crippen molar-refractivity contribution < 1.29 is 0 Å². The fraction of sp³-hybridized carbons (Fsp3) is 0.300. The molecule has 0 spiro atoms. The summed E-state index contributed by atoms with van der Waals surface area (Å²) in [6.45, 7) is 3.46. The summed E-state index contributed by atoms with van der Waals surface area (Å²) in [6, 6.07) is 3.71. The second kappa shape index (κ2) is 3.96. The average Bonchev–Trinajstić information content (AvgIpc) is 2.18. The molecular formula is C10H13N5. The van der Waals surface area contributed by atoms with Crippen LogP contribution in [0.15, 0.2) is 12.3 Å². The van der Waals surface area contributed by atoms with Crippen LogP contribution in [0.2, 0.25) is 0 Å². The summed E-state index contributed by atoms with van der Waals surface area (Å²) >= 11 is 0. The van der Waals surface area contributed by atoms with Gasteiger partial charge < -0.3 is 16.5 Å². The number of nitrogen functional groups attached to an aromatic ring is 1. The van der Waals surface area contributed by atoms with Gasteiger partial charge in [-0.3, -0.25) is 0 Å². The Hall–Kier alpha value is -2.09. The van der Waals surface area contributed by atoms with E-state index in [0.29, 0.717) is 17.1 Å². The molecular weight excluding hydrogens is 190 g/mol. The quantitative estimate of drug-likeness (QED) is 0.646. The Kier molecular flexibility index (Phi) is 2.90. The Morgan fingerprint density at radius 3 is 2.87 bits per heavy atom. The van der Waals surface area contributed by atoms with Crippen LogP contribution in [0.4, 0.5) is 11.5 Å². The van der Waals surface area contributed by atoms with Crippen molar-refractivity contribution in [1.82, 2.24) is 4.98 Å². The summed E-state index contributed by atoms with van der Waals surface area (Å²) in [4.78, 5) is 4.05. The number of rotatable bonds is 3. The smallest absolute Gasteiger partial charge is 0.138 e. The van der Waals surface area contributed by atoms with Gasteiger partial charge in [-0.05, 0) is 19.9 Å². The topological polar surface area (TPSA) is 98.6 Å². The van der Waals surface area contributed by atoms with Crippen molar-refractivity contribution in [2.45, 2.75) is 19.4 Å². The number of aromatic nitrogens is 1. The van der Waals surface area contributed by atoms with Gasteiger partial charge in [-0.2, -0.15) is 5.26 Å². The molecule has 5 heteroatoms. The Labute approximate surface area is 88.4 Å². The van der Waals surface area contributed by atoms with Gasteiger partial charge in [0, 0.05) is 18.1 Å². The number of nitrogens with one attached hydrogen (secondary N) is 2. The van der Waals surface area contributed by atoms with Gasteiger partial charge in [-0.1, -0.05) is 0 Å². The van der Waals surface area contributed by atoms with Gasteiger partial charge in [-0.25, -0.2) is 4.98 Å². The molecule has 0 unspecified atom stereocenters. The third-order valence-corrected chi connectivity index (χ3v) is 1.88. The second-order valence-electron chi connectivity index (χ2n) is 3.67. The molecule has 0 saturated heterocycles. The number of nitrogens with zero attached hydrogens (tertiary/aromatic N) is 2. The molecule has 1 heterocycles. The van der Waals surface area contributed by atoms with Crippen LogP contribution < -0.4 is 11.1 Å². The zero-order chi connectivity index (χ0) is 11.5. The fourth-order valence-corrected chi connectivity index (χ4v) is 1.06. The number of nitrogens with two attached hydrogens (primary N) is 1. The van der Waals surface area contributed by atoms with E-state index in [1.165, 1.54) is 6.20 Å². The summed E-state index contributed by atoms with van der Waals surface area (Å²) < 4.78 is 0. The standard InChI is InChI=1S/C10H13N5/c1-10(2,6-12)15-9-7(5-11)8(13)3-4-14-9/h3-5,11H,1-2H3,(H3,13,14,15). The third kappa shape index (κ3) is 2.44. The summed E-state index contributed by atoms with van der Waals surface area (Å²) in [5, 5.41) is 19.0. The zero-order valence-electron chi connectivity index (χ0n) is 8.70. The molecule has 0 saturated carbocycles. The van der Waals surface area contributed by atoms with Crippen molar-refractivity contribution in [1.29, 1.82) is 10.7 Å². The van der Waals surface area contributed by atoms with Crippen LogP contribution in [0, 0.1) is 16.7 Å². The lowest BCUT2D eigenvalue weighted by Crippen LogP contribution is -2.29. The highest BCUT2D eigenvalue weighted by Gasteiger charge is 2.18. The zero-order valence-corrected chi connectivity index (χ0v) is 8.70. The molecule has 1 aromatic rings. The van der Waals surface area contributed by atoms with Gasteiger partial charge in [0.15, 0.2) is 0 Å². The Balaban J connectivity index is 3.11. The van der Waals surface area contributed by atoms with Crippen LogP contribution in [-0.2, 0) is 0 Å². The molecule has 0 amide bonds. The lowest BCUT2D eigenvalue weighted by Gasteiger charge is -2.19. The van der Waals surface area contributed by atoms with Crippen LogP contribution >= 0.6 is 0 Å². The van der Waals surface area contributed by atoms with E-state index in [9.17, 15) is 0 Å². The first-order valence-corrected chi connectivity index (χ1v) is 4.44. The number of hydrogen-bond acceptors (Lipinski definition) is 5. The maximum Gasteiger partial charge on any atom is 0.138 e. The maximum absolute atomic E-state index is 8.86. The molecule has 0 aromatic carbocycles. The minimum atomic E-state index is -0.738. The molecule has 1 rings (SSSR count). The molecule has 78 valence electrons. The largest absolute Gasteiger partial charge is 0.398 e. The predicted molar refractivity (Wildman–Crippen MR) is 59.8 cm³/mol. The first-order chi connectivity index (χ1) is 7.00.